The summed E-state index contributed by atoms with van der Waals surface area (Å²) in [5.41, 5.74) is 0. The SMILES string of the molecule is OC[C@H]1O[C@@H](O[C@@H]2OC=C[C@H]3[C@H](O)[C@@H]4O[C@@H]4[C@@H]23)[C@H](O)[C@@H](O)[C@@H]1O. The van der Waals surface area contributed by atoms with Crippen molar-refractivity contribution in [3.8, 4) is 0 Å². The van der Waals surface area contributed by atoms with Crippen LogP contribution in [0.5, 0.6) is 0 Å². The van der Waals surface area contributed by atoms with Crippen LogP contribution in [0.2, 0.25) is 0 Å². The molecule has 0 unspecified atom stereocenters. The number of hydrogen-bond acceptors (Lipinski definition) is 9. The number of rotatable bonds is 3. The standard InChI is InChI=1S/C14H20O9/c15-3-5-8(17)9(18)10(19)14(21-5)23-13-6-4(1-2-20-13)7(16)12-11(6)22-12/h1-2,4-19H,3H2/t4-,5-,6+,7+,8-,9+,10-,11-,12+,13+,14+/m1/s1. The van der Waals surface area contributed by atoms with E-state index in [4.69, 9.17) is 18.9 Å². The summed E-state index contributed by atoms with van der Waals surface area (Å²) in [5, 5.41) is 48.9. The molecule has 3 heterocycles. The maximum absolute atomic E-state index is 10.1. The highest BCUT2D eigenvalue weighted by atomic mass is 16.8. The molecule has 0 bridgehead atoms. The van der Waals surface area contributed by atoms with Crippen LogP contribution in [0.15, 0.2) is 12.3 Å². The maximum Gasteiger partial charge on any atom is 0.207 e. The van der Waals surface area contributed by atoms with E-state index < -0.39 is 49.7 Å². The maximum atomic E-state index is 10.1. The number of fused-ring (bicyclic) bond motifs is 3. The van der Waals surface area contributed by atoms with Crippen molar-refractivity contribution in [2.75, 3.05) is 6.61 Å². The molecular formula is C14H20O9. The van der Waals surface area contributed by atoms with Crippen LogP contribution < -0.4 is 0 Å². The Kier molecular flexibility index (Phi) is 3.86. The molecule has 0 spiro atoms. The van der Waals surface area contributed by atoms with Gasteiger partial charge in [-0.25, -0.2) is 0 Å². The molecule has 0 aromatic heterocycles. The Morgan fingerprint density at radius 1 is 0.870 bits per heavy atom. The van der Waals surface area contributed by atoms with Crippen LogP contribution in [-0.2, 0) is 18.9 Å². The smallest absolute Gasteiger partial charge is 0.207 e. The Balaban J connectivity index is 1.48. The Bertz CT molecular complexity index is 483. The van der Waals surface area contributed by atoms with Gasteiger partial charge in [0.2, 0.25) is 6.29 Å². The summed E-state index contributed by atoms with van der Waals surface area (Å²) >= 11 is 0. The van der Waals surface area contributed by atoms with Crippen LogP contribution in [0.25, 0.3) is 0 Å². The van der Waals surface area contributed by atoms with Crippen LogP contribution in [-0.4, -0.2) is 87.4 Å². The highest BCUT2D eigenvalue weighted by molar-refractivity contribution is 5.16. The first-order chi connectivity index (χ1) is 11.0. The van der Waals surface area contributed by atoms with E-state index in [2.05, 4.69) is 0 Å². The summed E-state index contributed by atoms with van der Waals surface area (Å²) in [4.78, 5) is 0. The monoisotopic (exact) mass is 332 g/mol. The zero-order chi connectivity index (χ0) is 16.3. The molecule has 0 aromatic carbocycles. The van der Waals surface area contributed by atoms with Gasteiger partial charge in [0.1, 0.15) is 30.5 Å². The molecular weight excluding hydrogens is 312 g/mol. The molecule has 4 rings (SSSR count). The van der Waals surface area contributed by atoms with E-state index in [1.165, 1.54) is 6.26 Å². The summed E-state index contributed by atoms with van der Waals surface area (Å²) in [6, 6.07) is 0. The summed E-state index contributed by atoms with van der Waals surface area (Å²) in [6.07, 6.45) is -5.51. The Morgan fingerprint density at radius 2 is 1.65 bits per heavy atom. The Hall–Kier alpha value is -0.780. The minimum atomic E-state index is -1.51. The van der Waals surface area contributed by atoms with Crippen molar-refractivity contribution >= 4 is 0 Å². The fraction of sp³-hybridized carbons (Fsp3) is 0.857. The van der Waals surface area contributed by atoms with E-state index >= 15 is 0 Å². The molecule has 1 aliphatic carbocycles. The fourth-order valence-corrected chi connectivity index (χ4v) is 3.70. The average molecular weight is 332 g/mol. The van der Waals surface area contributed by atoms with Gasteiger partial charge in [-0.2, -0.15) is 0 Å². The molecule has 11 atom stereocenters. The number of epoxide rings is 1. The van der Waals surface area contributed by atoms with Gasteiger partial charge in [-0.05, 0) is 6.08 Å². The minimum absolute atomic E-state index is 0.178. The molecule has 130 valence electrons. The molecule has 2 saturated heterocycles. The van der Waals surface area contributed by atoms with E-state index in [0.717, 1.165) is 0 Å². The normalized spacial score (nSPS) is 57.5. The molecule has 0 amide bonds. The molecule has 0 aromatic rings. The van der Waals surface area contributed by atoms with Crippen molar-refractivity contribution in [2.24, 2.45) is 11.8 Å². The van der Waals surface area contributed by atoms with Crippen molar-refractivity contribution < 1.29 is 44.5 Å². The van der Waals surface area contributed by atoms with Crippen molar-refractivity contribution in [3.05, 3.63) is 12.3 Å². The lowest BCUT2D eigenvalue weighted by atomic mass is 9.91. The van der Waals surface area contributed by atoms with Gasteiger partial charge < -0.3 is 44.5 Å². The fourth-order valence-electron chi connectivity index (χ4n) is 3.70. The van der Waals surface area contributed by atoms with E-state index in [1.807, 2.05) is 0 Å². The Labute approximate surface area is 131 Å². The molecule has 23 heavy (non-hydrogen) atoms. The summed E-state index contributed by atoms with van der Waals surface area (Å²) in [6.45, 7) is -0.533. The van der Waals surface area contributed by atoms with Gasteiger partial charge in [-0.3, -0.25) is 0 Å². The lowest BCUT2D eigenvalue weighted by Gasteiger charge is -2.42. The molecule has 3 fully saturated rings. The van der Waals surface area contributed by atoms with Gasteiger partial charge in [0, 0.05) is 5.92 Å². The van der Waals surface area contributed by atoms with Crippen LogP contribution >= 0.6 is 0 Å². The Morgan fingerprint density at radius 3 is 2.39 bits per heavy atom. The van der Waals surface area contributed by atoms with Crippen molar-refractivity contribution in [3.63, 3.8) is 0 Å². The van der Waals surface area contributed by atoms with Gasteiger partial charge in [0.25, 0.3) is 0 Å². The second kappa shape index (κ2) is 5.64. The first kappa shape index (κ1) is 15.7. The third-order valence-corrected chi connectivity index (χ3v) is 5.06. The first-order valence-corrected chi connectivity index (χ1v) is 7.64. The van der Waals surface area contributed by atoms with E-state index in [0.29, 0.717) is 0 Å². The number of aliphatic hydroxyl groups excluding tert-OH is 5. The third kappa shape index (κ3) is 2.39. The molecule has 0 radical (unpaired) electrons. The number of aliphatic hydroxyl groups is 5. The lowest BCUT2D eigenvalue weighted by molar-refractivity contribution is -0.342. The summed E-state index contributed by atoms with van der Waals surface area (Å²) in [7, 11) is 0. The van der Waals surface area contributed by atoms with Crippen LogP contribution in [0.1, 0.15) is 0 Å². The zero-order valence-corrected chi connectivity index (χ0v) is 12.1. The molecule has 9 nitrogen and oxygen atoms in total. The molecule has 4 aliphatic rings. The topological polar surface area (TPSA) is 141 Å². The van der Waals surface area contributed by atoms with Crippen LogP contribution in [0, 0.1) is 11.8 Å². The highest BCUT2D eigenvalue weighted by Crippen LogP contribution is 2.51. The first-order valence-electron chi connectivity index (χ1n) is 7.64. The predicted molar refractivity (Wildman–Crippen MR) is 70.5 cm³/mol. The van der Waals surface area contributed by atoms with E-state index in [-0.39, 0.29) is 24.0 Å². The second-order valence-corrected chi connectivity index (χ2v) is 6.38. The van der Waals surface area contributed by atoms with Crippen molar-refractivity contribution in [1.82, 2.24) is 0 Å². The van der Waals surface area contributed by atoms with Gasteiger partial charge in [-0.1, -0.05) is 0 Å². The van der Waals surface area contributed by atoms with Gasteiger partial charge in [0.15, 0.2) is 6.29 Å². The predicted octanol–water partition coefficient (Wildman–Crippen LogP) is -2.95. The number of hydrogen-bond donors (Lipinski definition) is 5. The van der Waals surface area contributed by atoms with E-state index in [1.54, 1.807) is 6.08 Å². The van der Waals surface area contributed by atoms with Gasteiger partial charge in [0.05, 0.1) is 31.0 Å². The van der Waals surface area contributed by atoms with Crippen molar-refractivity contribution in [1.29, 1.82) is 0 Å². The average Bonchev–Trinajstić information content (AvgIpc) is 3.29. The van der Waals surface area contributed by atoms with Crippen LogP contribution in [0.3, 0.4) is 0 Å². The van der Waals surface area contributed by atoms with Gasteiger partial charge >= 0.3 is 0 Å². The van der Waals surface area contributed by atoms with Crippen LogP contribution in [0.4, 0.5) is 0 Å². The largest absolute Gasteiger partial charge is 0.472 e. The van der Waals surface area contributed by atoms with E-state index in [9.17, 15) is 25.5 Å². The lowest BCUT2D eigenvalue weighted by Crippen LogP contribution is -2.60. The molecule has 3 aliphatic heterocycles. The molecule has 9 heteroatoms. The highest BCUT2D eigenvalue weighted by Gasteiger charge is 2.65. The summed E-state index contributed by atoms with van der Waals surface area (Å²) in [5.74, 6) is -0.435. The quantitative estimate of drug-likeness (QED) is 0.343. The zero-order valence-electron chi connectivity index (χ0n) is 12.1. The van der Waals surface area contributed by atoms with Gasteiger partial charge in [-0.15, -0.1) is 0 Å². The third-order valence-electron chi connectivity index (χ3n) is 5.06. The second-order valence-electron chi connectivity index (χ2n) is 6.38. The number of ether oxygens (including phenoxy) is 4. The summed E-state index contributed by atoms with van der Waals surface area (Å²) < 4.78 is 21.8. The van der Waals surface area contributed by atoms with Crippen molar-refractivity contribution in [2.45, 2.75) is 55.3 Å². The molecule has 1 saturated carbocycles. The minimum Gasteiger partial charge on any atom is -0.472 e. The molecule has 5 N–H and O–H groups in total.